The van der Waals surface area contributed by atoms with Crippen LogP contribution in [0.5, 0.6) is 0 Å². The number of carbonyl (C=O) groups excluding carboxylic acids is 1. The number of amides is 1. The average Bonchev–Trinajstić information content (AvgIpc) is 2.66. The van der Waals surface area contributed by atoms with Gasteiger partial charge in [-0.15, -0.1) is 12.4 Å². The number of hydrogen-bond acceptors (Lipinski definition) is 2. The van der Waals surface area contributed by atoms with Gasteiger partial charge >= 0.3 is 0 Å². The van der Waals surface area contributed by atoms with Crippen LogP contribution in [0.1, 0.15) is 52.9 Å². The maximum absolute atomic E-state index is 12.0. The molecule has 2 rings (SSSR count). The predicted molar refractivity (Wildman–Crippen MR) is 81.6 cm³/mol. The Balaban J connectivity index is 0.00000180. The largest absolute Gasteiger partial charge is 0.352 e. The number of rotatable bonds is 3. The Hall–Kier alpha value is -0.280. The van der Waals surface area contributed by atoms with E-state index in [-0.39, 0.29) is 18.3 Å². The Morgan fingerprint density at radius 2 is 2.11 bits per heavy atom. The molecule has 0 aromatic rings. The van der Waals surface area contributed by atoms with Crippen molar-refractivity contribution in [2.75, 3.05) is 13.1 Å². The minimum absolute atomic E-state index is 0. The second-order valence-electron chi connectivity index (χ2n) is 7.24. The van der Waals surface area contributed by atoms with E-state index in [0.29, 0.717) is 17.4 Å². The van der Waals surface area contributed by atoms with E-state index in [1.807, 2.05) is 0 Å². The highest BCUT2D eigenvalue weighted by molar-refractivity contribution is 5.85. The Morgan fingerprint density at radius 3 is 2.68 bits per heavy atom. The second kappa shape index (κ2) is 6.94. The van der Waals surface area contributed by atoms with Crippen LogP contribution in [-0.4, -0.2) is 25.0 Å². The van der Waals surface area contributed by atoms with Crippen LogP contribution in [0.4, 0.5) is 0 Å². The highest BCUT2D eigenvalue weighted by Crippen LogP contribution is 2.42. The fourth-order valence-corrected chi connectivity index (χ4v) is 4.03. The zero-order valence-electron chi connectivity index (χ0n) is 12.5. The molecule has 2 aliphatic rings. The lowest BCUT2D eigenvalue weighted by atomic mass is 9.67. The van der Waals surface area contributed by atoms with Crippen LogP contribution in [0.3, 0.4) is 0 Å². The van der Waals surface area contributed by atoms with Gasteiger partial charge in [0.25, 0.3) is 0 Å². The Bertz CT molecular complexity index is 301. The zero-order chi connectivity index (χ0) is 13.2. The summed E-state index contributed by atoms with van der Waals surface area (Å²) >= 11 is 0. The number of carbonyl (C=O) groups is 1. The van der Waals surface area contributed by atoms with Gasteiger partial charge in [-0.2, -0.15) is 0 Å². The van der Waals surface area contributed by atoms with Crippen molar-refractivity contribution in [3.05, 3.63) is 0 Å². The van der Waals surface area contributed by atoms with E-state index in [4.69, 9.17) is 0 Å². The van der Waals surface area contributed by atoms with Crippen molar-refractivity contribution < 1.29 is 4.79 Å². The molecule has 0 aromatic heterocycles. The third-order valence-electron chi connectivity index (χ3n) is 4.38. The third-order valence-corrected chi connectivity index (χ3v) is 4.38. The van der Waals surface area contributed by atoms with Gasteiger partial charge in [0.1, 0.15) is 0 Å². The zero-order valence-corrected chi connectivity index (χ0v) is 13.3. The molecule has 2 N–H and O–H groups in total. The lowest BCUT2D eigenvalue weighted by molar-refractivity contribution is -0.123. The van der Waals surface area contributed by atoms with Crippen molar-refractivity contribution in [2.24, 2.45) is 17.3 Å². The van der Waals surface area contributed by atoms with Crippen molar-refractivity contribution in [3.8, 4) is 0 Å². The first kappa shape index (κ1) is 16.8. The number of nitrogens with one attached hydrogen (secondary N) is 2. The minimum Gasteiger partial charge on any atom is -0.352 e. The van der Waals surface area contributed by atoms with E-state index in [0.717, 1.165) is 31.8 Å². The first-order valence-electron chi connectivity index (χ1n) is 7.45. The molecule has 0 bridgehead atoms. The fourth-order valence-electron chi connectivity index (χ4n) is 4.03. The van der Waals surface area contributed by atoms with Gasteiger partial charge in [-0.1, -0.05) is 20.8 Å². The summed E-state index contributed by atoms with van der Waals surface area (Å²) in [5.41, 5.74) is 0.414. The van der Waals surface area contributed by atoms with Crippen LogP contribution in [0.25, 0.3) is 0 Å². The summed E-state index contributed by atoms with van der Waals surface area (Å²) in [6.45, 7) is 8.99. The lowest BCUT2D eigenvalue weighted by Gasteiger charge is -2.38. The summed E-state index contributed by atoms with van der Waals surface area (Å²) in [6, 6.07) is 0.367. The standard InChI is InChI=1S/C15H28N2O.ClH/c1-11-6-12(9-15(2,3)8-11)7-14(18)17-13-4-5-16-10-13;/h11-13,16H,4-10H2,1-3H3,(H,17,18);1H. The maximum atomic E-state index is 12.0. The van der Waals surface area contributed by atoms with Crippen molar-refractivity contribution in [1.82, 2.24) is 10.6 Å². The molecule has 0 aromatic carbocycles. The lowest BCUT2D eigenvalue weighted by Crippen LogP contribution is -2.38. The van der Waals surface area contributed by atoms with E-state index in [2.05, 4.69) is 31.4 Å². The molecule has 19 heavy (non-hydrogen) atoms. The predicted octanol–water partition coefficient (Wildman–Crippen LogP) is 2.74. The van der Waals surface area contributed by atoms with E-state index in [9.17, 15) is 4.79 Å². The molecule has 1 aliphatic heterocycles. The summed E-state index contributed by atoms with van der Waals surface area (Å²) in [6.07, 6.45) is 5.54. The van der Waals surface area contributed by atoms with Gasteiger partial charge in [-0.25, -0.2) is 0 Å². The van der Waals surface area contributed by atoms with E-state index in [1.54, 1.807) is 0 Å². The van der Waals surface area contributed by atoms with Gasteiger partial charge in [0, 0.05) is 19.0 Å². The Morgan fingerprint density at radius 1 is 1.37 bits per heavy atom. The molecule has 1 amide bonds. The molecule has 2 fully saturated rings. The summed E-state index contributed by atoms with van der Waals surface area (Å²) < 4.78 is 0. The quantitative estimate of drug-likeness (QED) is 0.838. The SMILES string of the molecule is CC1CC(CC(=O)NC2CCNC2)CC(C)(C)C1.Cl. The summed E-state index contributed by atoms with van der Waals surface area (Å²) in [5.74, 6) is 1.61. The van der Waals surface area contributed by atoms with E-state index >= 15 is 0 Å². The van der Waals surface area contributed by atoms with Crippen molar-refractivity contribution in [3.63, 3.8) is 0 Å². The molecule has 3 unspecified atom stereocenters. The molecule has 0 spiro atoms. The Kier molecular flexibility index (Phi) is 6.13. The molecule has 1 saturated heterocycles. The van der Waals surface area contributed by atoms with E-state index < -0.39 is 0 Å². The molecule has 3 nitrogen and oxygen atoms in total. The van der Waals surface area contributed by atoms with Crippen LogP contribution < -0.4 is 10.6 Å². The van der Waals surface area contributed by atoms with Gasteiger partial charge in [0.2, 0.25) is 5.91 Å². The molecule has 1 heterocycles. The molecule has 4 heteroatoms. The van der Waals surface area contributed by atoms with Crippen LogP contribution in [0, 0.1) is 17.3 Å². The first-order valence-corrected chi connectivity index (χ1v) is 7.45. The molecule has 3 atom stereocenters. The minimum atomic E-state index is 0. The summed E-state index contributed by atoms with van der Waals surface area (Å²) in [4.78, 5) is 12.0. The molecule has 1 aliphatic carbocycles. The summed E-state index contributed by atoms with van der Waals surface area (Å²) in [7, 11) is 0. The van der Waals surface area contributed by atoms with Gasteiger partial charge in [-0.05, 0) is 49.5 Å². The van der Waals surface area contributed by atoms with Crippen molar-refractivity contribution >= 4 is 18.3 Å². The number of hydrogen-bond donors (Lipinski definition) is 2. The number of halogens is 1. The van der Waals surface area contributed by atoms with Crippen LogP contribution in [0.15, 0.2) is 0 Å². The topological polar surface area (TPSA) is 41.1 Å². The second-order valence-corrected chi connectivity index (χ2v) is 7.24. The molecular weight excluding hydrogens is 260 g/mol. The summed E-state index contributed by atoms with van der Waals surface area (Å²) in [5, 5.41) is 6.45. The van der Waals surface area contributed by atoms with Gasteiger partial charge in [0.15, 0.2) is 0 Å². The van der Waals surface area contributed by atoms with Gasteiger partial charge < -0.3 is 10.6 Å². The highest BCUT2D eigenvalue weighted by atomic mass is 35.5. The fraction of sp³-hybridized carbons (Fsp3) is 0.933. The monoisotopic (exact) mass is 288 g/mol. The highest BCUT2D eigenvalue weighted by Gasteiger charge is 2.33. The molecular formula is C15H29ClN2O. The van der Waals surface area contributed by atoms with E-state index in [1.165, 1.54) is 19.3 Å². The van der Waals surface area contributed by atoms with Gasteiger partial charge in [0.05, 0.1) is 0 Å². The van der Waals surface area contributed by atoms with Gasteiger partial charge in [-0.3, -0.25) is 4.79 Å². The molecule has 1 saturated carbocycles. The average molecular weight is 289 g/mol. The normalized spacial score (nSPS) is 33.5. The first-order chi connectivity index (χ1) is 8.44. The van der Waals surface area contributed by atoms with Crippen LogP contribution in [-0.2, 0) is 4.79 Å². The molecule has 0 radical (unpaired) electrons. The molecule has 112 valence electrons. The maximum Gasteiger partial charge on any atom is 0.220 e. The van der Waals surface area contributed by atoms with Crippen LogP contribution in [0.2, 0.25) is 0 Å². The Labute approximate surface area is 123 Å². The van der Waals surface area contributed by atoms with Crippen molar-refractivity contribution in [1.29, 1.82) is 0 Å². The van der Waals surface area contributed by atoms with Crippen LogP contribution >= 0.6 is 12.4 Å². The smallest absolute Gasteiger partial charge is 0.220 e. The van der Waals surface area contributed by atoms with Crippen molar-refractivity contribution in [2.45, 2.75) is 58.9 Å². The third kappa shape index (κ3) is 5.31.